The van der Waals surface area contributed by atoms with E-state index in [0.717, 1.165) is 24.0 Å². The molecule has 0 aromatic rings. The fourth-order valence-electron chi connectivity index (χ4n) is 1.61. The molecular weight excluding hydrogens is 211 g/mol. The van der Waals surface area contributed by atoms with Crippen LogP contribution in [-0.2, 0) is 0 Å². The molecule has 0 N–H and O–H groups in total. The third kappa shape index (κ3) is 3.49. The van der Waals surface area contributed by atoms with Crippen molar-refractivity contribution in [2.45, 2.75) is 33.1 Å². The summed E-state index contributed by atoms with van der Waals surface area (Å²) >= 11 is 5.84. The van der Waals surface area contributed by atoms with Crippen molar-refractivity contribution in [3.63, 3.8) is 0 Å². The van der Waals surface area contributed by atoms with Gasteiger partial charge in [0.25, 0.3) is 0 Å². The average molecular weight is 229 g/mol. The summed E-state index contributed by atoms with van der Waals surface area (Å²) in [5, 5.41) is 0. The van der Waals surface area contributed by atoms with Gasteiger partial charge in [0.15, 0.2) is 0 Å². The van der Waals surface area contributed by atoms with Gasteiger partial charge in [0.1, 0.15) is 5.83 Å². The highest BCUT2D eigenvalue weighted by Crippen LogP contribution is 2.28. The molecule has 0 nitrogen and oxygen atoms in total. The lowest BCUT2D eigenvalue weighted by Crippen LogP contribution is -1.99. The molecule has 1 aliphatic carbocycles. The number of hydrogen-bond acceptors (Lipinski definition) is 0. The van der Waals surface area contributed by atoms with E-state index in [1.165, 1.54) is 0 Å². The van der Waals surface area contributed by atoms with Crippen LogP contribution in [0.25, 0.3) is 0 Å². The molecular formula is C13H18ClF. The van der Waals surface area contributed by atoms with E-state index < -0.39 is 0 Å². The minimum atomic E-state index is -0.0871. The van der Waals surface area contributed by atoms with Crippen LogP contribution in [0.5, 0.6) is 0 Å². The Morgan fingerprint density at radius 2 is 2.27 bits per heavy atom. The molecule has 0 fully saturated rings. The minimum absolute atomic E-state index is 0.0871. The van der Waals surface area contributed by atoms with Crippen molar-refractivity contribution < 1.29 is 4.39 Å². The summed E-state index contributed by atoms with van der Waals surface area (Å²) < 4.78 is 13.7. The number of alkyl halides is 1. The third-order valence-electron chi connectivity index (χ3n) is 2.82. The van der Waals surface area contributed by atoms with E-state index in [1.54, 1.807) is 6.08 Å². The van der Waals surface area contributed by atoms with E-state index in [-0.39, 0.29) is 5.83 Å². The van der Waals surface area contributed by atoms with Gasteiger partial charge in [-0.1, -0.05) is 32.4 Å². The number of rotatable bonds is 4. The summed E-state index contributed by atoms with van der Waals surface area (Å²) in [7, 11) is 0. The second-order valence-electron chi connectivity index (χ2n) is 4.05. The summed E-state index contributed by atoms with van der Waals surface area (Å²) in [5.74, 6) is 0.809. The molecule has 2 heteroatoms. The SMILES string of the molecule is CCC(C)CC1=C(CCl)C=CCC=C1F. The number of hydrogen-bond donors (Lipinski definition) is 0. The smallest absolute Gasteiger partial charge is 0.123 e. The van der Waals surface area contributed by atoms with Crippen LogP contribution in [0, 0.1) is 5.92 Å². The molecule has 0 aliphatic heterocycles. The van der Waals surface area contributed by atoms with Gasteiger partial charge in [0, 0.05) is 5.88 Å². The molecule has 84 valence electrons. The van der Waals surface area contributed by atoms with E-state index in [2.05, 4.69) is 13.8 Å². The normalized spacial score (nSPS) is 18.8. The summed E-state index contributed by atoms with van der Waals surface area (Å²) in [6, 6.07) is 0. The van der Waals surface area contributed by atoms with Gasteiger partial charge < -0.3 is 0 Å². The molecule has 0 aromatic carbocycles. The highest BCUT2D eigenvalue weighted by Gasteiger charge is 2.14. The van der Waals surface area contributed by atoms with Crippen molar-refractivity contribution >= 4 is 11.6 Å². The monoisotopic (exact) mass is 228 g/mol. The van der Waals surface area contributed by atoms with Gasteiger partial charge in [0.2, 0.25) is 0 Å². The molecule has 0 heterocycles. The zero-order valence-corrected chi connectivity index (χ0v) is 10.1. The summed E-state index contributed by atoms with van der Waals surface area (Å²) in [5.41, 5.74) is 1.73. The zero-order valence-electron chi connectivity index (χ0n) is 9.39. The van der Waals surface area contributed by atoms with Crippen molar-refractivity contribution in [3.05, 3.63) is 35.2 Å². The lowest BCUT2D eigenvalue weighted by molar-refractivity contribution is 0.534. The highest BCUT2D eigenvalue weighted by molar-refractivity contribution is 6.19. The Balaban J connectivity index is 2.93. The first-order valence-electron chi connectivity index (χ1n) is 5.49. The largest absolute Gasteiger partial charge is 0.207 e. The van der Waals surface area contributed by atoms with E-state index in [1.807, 2.05) is 12.2 Å². The molecule has 0 radical (unpaired) electrons. The maximum atomic E-state index is 13.7. The third-order valence-corrected chi connectivity index (χ3v) is 3.11. The topological polar surface area (TPSA) is 0 Å². The van der Waals surface area contributed by atoms with Gasteiger partial charge in [-0.15, -0.1) is 11.6 Å². The Labute approximate surface area is 96.5 Å². The standard InChI is InChI=1S/C13H18ClF/c1-3-10(2)8-12-11(9-14)6-4-5-7-13(12)15/h4,6-7,10H,3,5,8-9H2,1-2H3. The van der Waals surface area contributed by atoms with Crippen LogP contribution in [0.2, 0.25) is 0 Å². The average Bonchev–Trinajstić information content (AvgIpc) is 2.41. The Morgan fingerprint density at radius 1 is 1.53 bits per heavy atom. The Hall–Kier alpha value is -0.560. The van der Waals surface area contributed by atoms with E-state index >= 15 is 0 Å². The first kappa shape index (κ1) is 12.5. The molecule has 0 amide bonds. The molecule has 15 heavy (non-hydrogen) atoms. The molecule has 1 aliphatic rings. The van der Waals surface area contributed by atoms with Crippen molar-refractivity contribution in [2.75, 3.05) is 5.88 Å². The molecule has 1 rings (SSSR count). The van der Waals surface area contributed by atoms with Gasteiger partial charge in [-0.3, -0.25) is 0 Å². The van der Waals surface area contributed by atoms with Crippen molar-refractivity contribution in [1.29, 1.82) is 0 Å². The molecule has 1 unspecified atom stereocenters. The Bertz CT molecular complexity index is 300. The Morgan fingerprint density at radius 3 is 2.87 bits per heavy atom. The van der Waals surface area contributed by atoms with Crippen LogP contribution >= 0.6 is 11.6 Å². The van der Waals surface area contributed by atoms with Crippen LogP contribution in [0.3, 0.4) is 0 Å². The molecule has 0 saturated carbocycles. The second kappa shape index (κ2) is 6.12. The van der Waals surface area contributed by atoms with Gasteiger partial charge in [-0.05, 0) is 36.0 Å². The second-order valence-corrected chi connectivity index (χ2v) is 4.31. The zero-order chi connectivity index (χ0) is 11.3. The van der Waals surface area contributed by atoms with Crippen LogP contribution in [-0.4, -0.2) is 5.88 Å². The maximum Gasteiger partial charge on any atom is 0.123 e. The van der Waals surface area contributed by atoms with Crippen molar-refractivity contribution in [3.8, 4) is 0 Å². The first-order valence-corrected chi connectivity index (χ1v) is 6.03. The highest BCUT2D eigenvalue weighted by atomic mass is 35.5. The van der Waals surface area contributed by atoms with Gasteiger partial charge >= 0.3 is 0 Å². The molecule has 0 spiro atoms. The number of halogens is 2. The maximum absolute atomic E-state index is 13.7. The predicted molar refractivity (Wildman–Crippen MR) is 64.8 cm³/mol. The molecule has 0 saturated heterocycles. The summed E-state index contributed by atoms with van der Waals surface area (Å²) in [4.78, 5) is 0. The number of allylic oxidation sites excluding steroid dienone is 6. The van der Waals surface area contributed by atoms with Crippen molar-refractivity contribution in [2.24, 2.45) is 5.92 Å². The summed E-state index contributed by atoms with van der Waals surface area (Å²) in [6.07, 6.45) is 8.06. The van der Waals surface area contributed by atoms with Gasteiger partial charge in [-0.2, -0.15) is 0 Å². The quantitative estimate of drug-likeness (QED) is 0.608. The Kier molecular flexibility index (Phi) is 5.10. The predicted octanol–water partition coefficient (Wildman–Crippen LogP) is 4.77. The van der Waals surface area contributed by atoms with Gasteiger partial charge in [0.05, 0.1) is 0 Å². The van der Waals surface area contributed by atoms with Crippen LogP contribution in [0.4, 0.5) is 4.39 Å². The van der Waals surface area contributed by atoms with Crippen molar-refractivity contribution in [1.82, 2.24) is 0 Å². The van der Waals surface area contributed by atoms with E-state index in [0.29, 0.717) is 18.2 Å². The van der Waals surface area contributed by atoms with Gasteiger partial charge in [-0.25, -0.2) is 4.39 Å². The lowest BCUT2D eigenvalue weighted by Gasteiger charge is -2.13. The fraction of sp³-hybridized carbons (Fsp3) is 0.538. The van der Waals surface area contributed by atoms with Crippen LogP contribution in [0.15, 0.2) is 35.2 Å². The van der Waals surface area contributed by atoms with Crippen LogP contribution < -0.4 is 0 Å². The van der Waals surface area contributed by atoms with Crippen LogP contribution in [0.1, 0.15) is 33.1 Å². The summed E-state index contributed by atoms with van der Waals surface area (Å²) in [6.45, 7) is 4.26. The molecule has 0 aromatic heterocycles. The van der Waals surface area contributed by atoms with E-state index in [4.69, 9.17) is 11.6 Å². The first-order chi connectivity index (χ1) is 7.19. The lowest BCUT2D eigenvalue weighted by atomic mass is 9.95. The molecule has 0 bridgehead atoms. The molecule has 1 atom stereocenters. The minimum Gasteiger partial charge on any atom is -0.207 e. The fourth-order valence-corrected chi connectivity index (χ4v) is 1.86. The van der Waals surface area contributed by atoms with E-state index in [9.17, 15) is 4.39 Å².